The minimum absolute atomic E-state index is 0.0658. The van der Waals surface area contributed by atoms with E-state index < -0.39 is 0 Å². The molecule has 0 radical (unpaired) electrons. The summed E-state index contributed by atoms with van der Waals surface area (Å²) < 4.78 is 8.83. The lowest BCUT2D eigenvalue weighted by Gasteiger charge is -2.23. The molecule has 0 N–H and O–H groups in total. The highest BCUT2D eigenvalue weighted by Gasteiger charge is 2.24. The summed E-state index contributed by atoms with van der Waals surface area (Å²) in [4.78, 5) is 2.12. The Kier molecular flexibility index (Phi) is 5.38. The summed E-state index contributed by atoms with van der Waals surface area (Å²) in [6.07, 6.45) is 0.0839. The van der Waals surface area contributed by atoms with Crippen LogP contribution in [0.2, 0.25) is 0 Å². The van der Waals surface area contributed by atoms with Crippen LogP contribution >= 0.6 is 0 Å². The van der Waals surface area contributed by atoms with Gasteiger partial charge in [0, 0.05) is 48.5 Å². The third-order valence-corrected chi connectivity index (χ3v) is 4.98. The highest BCUT2D eigenvalue weighted by Crippen LogP contribution is 2.37. The van der Waals surface area contributed by atoms with Gasteiger partial charge >= 0.3 is 0 Å². The van der Waals surface area contributed by atoms with Crippen LogP contribution in [-0.4, -0.2) is 24.8 Å². The minimum atomic E-state index is -0.0658. The van der Waals surface area contributed by atoms with Gasteiger partial charge in [0.15, 0.2) is 0 Å². The molecule has 0 aliphatic carbocycles. The first-order valence-electron chi connectivity index (χ1n) is 9.44. The molecule has 1 aromatic heterocycles. The van der Waals surface area contributed by atoms with Gasteiger partial charge in [-0.25, -0.2) is 0 Å². The van der Waals surface area contributed by atoms with Crippen molar-refractivity contribution in [3.63, 3.8) is 0 Å². The molecular formula is C23H30N2O. The highest BCUT2D eigenvalue weighted by molar-refractivity contribution is 5.86. The molecule has 3 aromatic rings. The highest BCUT2D eigenvalue weighted by atomic mass is 16.5. The average Bonchev–Trinajstić information content (AvgIpc) is 2.91. The molecule has 0 aliphatic rings. The molecule has 0 amide bonds. The van der Waals surface area contributed by atoms with E-state index in [1.54, 1.807) is 0 Å². The average molecular weight is 351 g/mol. The van der Waals surface area contributed by atoms with Crippen LogP contribution in [0.15, 0.2) is 48.5 Å². The van der Waals surface area contributed by atoms with Gasteiger partial charge in [-0.2, -0.15) is 0 Å². The summed E-state index contributed by atoms with van der Waals surface area (Å²) in [5.41, 5.74) is 6.26. The topological polar surface area (TPSA) is 17.4 Å². The number of rotatable bonds is 6. The fraction of sp³-hybridized carbons (Fsp3) is 0.391. The predicted molar refractivity (Wildman–Crippen MR) is 111 cm³/mol. The van der Waals surface area contributed by atoms with Gasteiger partial charge in [0.2, 0.25) is 0 Å². The number of anilines is 1. The van der Waals surface area contributed by atoms with Gasteiger partial charge in [-0.05, 0) is 51.5 Å². The molecular weight excluding hydrogens is 320 g/mol. The Morgan fingerprint density at radius 1 is 1.00 bits per heavy atom. The summed E-state index contributed by atoms with van der Waals surface area (Å²) in [6, 6.07) is 17.4. The zero-order valence-electron chi connectivity index (χ0n) is 16.8. The fourth-order valence-electron chi connectivity index (χ4n) is 3.73. The van der Waals surface area contributed by atoms with E-state index in [1.165, 1.54) is 33.4 Å². The number of aryl methyl sites for hydroxylation is 1. The number of aromatic nitrogens is 1. The van der Waals surface area contributed by atoms with Crippen LogP contribution in [0.3, 0.4) is 0 Å². The first kappa shape index (κ1) is 18.5. The Morgan fingerprint density at radius 3 is 2.23 bits per heavy atom. The summed E-state index contributed by atoms with van der Waals surface area (Å²) in [6.45, 7) is 9.59. The molecule has 3 nitrogen and oxygen atoms in total. The second-order valence-corrected chi connectivity index (χ2v) is 7.31. The van der Waals surface area contributed by atoms with E-state index in [0.717, 1.165) is 6.54 Å². The van der Waals surface area contributed by atoms with Gasteiger partial charge in [0.05, 0.1) is 6.10 Å². The quantitative estimate of drug-likeness (QED) is 0.580. The molecule has 0 aliphatic heterocycles. The number of benzene rings is 2. The van der Waals surface area contributed by atoms with Crippen LogP contribution < -0.4 is 4.90 Å². The van der Waals surface area contributed by atoms with E-state index in [2.05, 4.69) is 99.8 Å². The number of hydrogen-bond donors (Lipinski definition) is 0. The second kappa shape index (κ2) is 7.55. The molecule has 3 heteroatoms. The van der Waals surface area contributed by atoms with Crippen molar-refractivity contribution in [2.75, 3.05) is 19.0 Å². The van der Waals surface area contributed by atoms with Gasteiger partial charge in [0.1, 0.15) is 6.10 Å². The molecule has 0 spiro atoms. The molecule has 0 fully saturated rings. The summed E-state index contributed by atoms with van der Waals surface area (Å²) in [7, 11) is 4.13. The number of hydrogen-bond acceptors (Lipinski definition) is 2. The van der Waals surface area contributed by atoms with E-state index in [4.69, 9.17) is 4.74 Å². The van der Waals surface area contributed by atoms with Crippen LogP contribution in [0.1, 0.15) is 43.7 Å². The van der Waals surface area contributed by atoms with Crippen molar-refractivity contribution in [2.45, 2.75) is 46.4 Å². The molecule has 0 saturated carbocycles. The van der Waals surface area contributed by atoms with E-state index in [1.807, 2.05) is 0 Å². The molecule has 1 heterocycles. The van der Waals surface area contributed by atoms with Gasteiger partial charge in [-0.3, -0.25) is 0 Å². The van der Waals surface area contributed by atoms with Crippen molar-refractivity contribution in [1.29, 1.82) is 0 Å². The largest absolute Gasteiger partial charge is 0.378 e. The Hall–Kier alpha value is -2.26. The van der Waals surface area contributed by atoms with Gasteiger partial charge in [-0.15, -0.1) is 0 Å². The summed E-state index contributed by atoms with van der Waals surface area (Å²) in [5, 5.41) is 1.29. The van der Waals surface area contributed by atoms with Crippen LogP contribution in [0.5, 0.6) is 0 Å². The van der Waals surface area contributed by atoms with Crippen LogP contribution in [0.25, 0.3) is 10.9 Å². The molecule has 138 valence electrons. The van der Waals surface area contributed by atoms with Crippen molar-refractivity contribution >= 4 is 16.6 Å². The first-order valence-corrected chi connectivity index (χ1v) is 9.44. The van der Waals surface area contributed by atoms with Gasteiger partial charge in [0.25, 0.3) is 0 Å². The van der Waals surface area contributed by atoms with Crippen LogP contribution in [0.4, 0.5) is 5.69 Å². The molecule has 0 saturated heterocycles. The SMILES string of the molecule is CCn1c(C)c(C(OC(C)C)c2ccc(N(C)C)cc2)c2ccccc21. The molecule has 1 atom stereocenters. The lowest BCUT2D eigenvalue weighted by Crippen LogP contribution is -2.14. The fourth-order valence-corrected chi connectivity index (χ4v) is 3.73. The van der Waals surface area contributed by atoms with E-state index in [9.17, 15) is 0 Å². The zero-order chi connectivity index (χ0) is 18.8. The van der Waals surface area contributed by atoms with Crippen LogP contribution in [0, 0.1) is 6.92 Å². The second-order valence-electron chi connectivity index (χ2n) is 7.31. The maximum atomic E-state index is 6.44. The van der Waals surface area contributed by atoms with Crippen LogP contribution in [-0.2, 0) is 11.3 Å². The van der Waals surface area contributed by atoms with Crippen molar-refractivity contribution in [1.82, 2.24) is 4.57 Å². The zero-order valence-corrected chi connectivity index (χ0v) is 16.8. The molecule has 2 aromatic carbocycles. The van der Waals surface area contributed by atoms with Gasteiger partial charge in [-0.1, -0.05) is 30.3 Å². The smallest absolute Gasteiger partial charge is 0.110 e. The number of fused-ring (bicyclic) bond motifs is 1. The Balaban J connectivity index is 2.17. The third kappa shape index (κ3) is 3.36. The Morgan fingerprint density at radius 2 is 1.65 bits per heavy atom. The number of nitrogens with zero attached hydrogens (tertiary/aromatic N) is 2. The Labute approximate surface area is 157 Å². The van der Waals surface area contributed by atoms with Gasteiger partial charge < -0.3 is 14.2 Å². The third-order valence-electron chi connectivity index (χ3n) is 4.98. The summed E-state index contributed by atoms with van der Waals surface area (Å²) in [5.74, 6) is 0. The standard InChI is InChI=1S/C23H30N2O/c1-7-25-17(4)22(20-10-8-9-11-21(20)25)23(26-16(2)3)18-12-14-19(15-13-18)24(5)6/h8-16,23H,7H2,1-6H3. The molecule has 1 unspecified atom stereocenters. The van der Waals surface area contributed by atoms with Crippen molar-refractivity contribution in [3.05, 3.63) is 65.4 Å². The maximum Gasteiger partial charge on any atom is 0.110 e. The maximum absolute atomic E-state index is 6.44. The summed E-state index contributed by atoms with van der Waals surface area (Å²) >= 11 is 0. The van der Waals surface area contributed by atoms with E-state index in [-0.39, 0.29) is 12.2 Å². The monoisotopic (exact) mass is 350 g/mol. The van der Waals surface area contributed by atoms with E-state index in [0.29, 0.717) is 0 Å². The number of para-hydroxylation sites is 1. The predicted octanol–water partition coefficient (Wildman–Crippen LogP) is 5.55. The number of ether oxygens (including phenoxy) is 1. The molecule has 3 rings (SSSR count). The molecule has 26 heavy (non-hydrogen) atoms. The van der Waals surface area contributed by atoms with E-state index >= 15 is 0 Å². The first-order chi connectivity index (χ1) is 12.4. The minimum Gasteiger partial charge on any atom is -0.378 e. The van der Waals surface area contributed by atoms with Crippen molar-refractivity contribution < 1.29 is 4.74 Å². The molecule has 0 bridgehead atoms. The normalized spacial score (nSPS) is 12.7. The lowest BCUT2D eigenvalue weighted by atomic mass is 9.98. The van der Waals surface area contributed by atoms with Crippen molar-refractivity contribution in [2.24, 2.45) is 0 Å². The van der Waals surface area contributed by atoms with Crippen molar-refractivity contribution in [3.8, 4) is 0 Å². The lowest BCUT2D eigenvalue weighted by molar-refractivity contribution is 0.0307. The Bertz CT molecular complexity index is 875.